The van der Waals surface area contributed by atoms with Gasteiger partial charge in [0.25, 0.3) is 0 Å². The summed E-state index contributed by atoms with van der Waals surface area (Å²) in [5.74, 6) is -1.87. The van der Waals surface area contributed by atoms with E-state index in [1.165, 1.54) is 23.1 Å². The van der Waals surface area contributed by atoms with E-state index in [1.807, 2.05) is 0 Å². The lowest BCUT2D eigenvalue weighted by atomic mass is 9.94. The van der Waals surface area contributed by atoms with Gasteiger partial charge in [0, 0.05) is 12.0 Å². The van der Waals surface area contributed by atoms with E-state index in [-0.39, 0.29) is 24.6 Å². The second kappa shape index (κ2) is 5.82. The second-order valence-electron chi connectivity index (χ2n) is 5.30. The molecule has 0 unspecified atom stereocenters. The van der Waals surface area contributed by atoms with Crippen molar-refractivity contribution < 1.29 is 19.1 Å². The Hall–Kier alpha value is -1.91. The lowest BCUT2D eigenvalue weighted by Crippen LogP contribution is -2.41. The molecule has 0 saturated heterocycles. The molecule has 0 aromatic heterocycles. The summed E-state index contributed by atoms with van der Waals surface area (Å²) in [4.78, 5) is 24.2. The van der Waals surface area contributed by atoms with E-state index in [9.17, 15) is 14.0 Å². The summed E-state index contributed by atoms with van der Waals surface area (Å²) in [5.41, 5.74) is -0.593. The van der Waals surface area contributed by atoms with E-state index in [0.717, 1.165) is 0 Å². The first kappa shape index (κ1) is 15.1. The highest BCUT2D eigenvalue weighted by Gasteiger charge is 2.29. The molecule has 0 fully saturated rings. The number of para-hydroxylation sites is 1. The Morgan fingerprint density at radius 3 is 2.32 bits per heavy atom. The Kier molecular flexibility index (Phi) is 4.64. The van der Waals surface area contributed by atoms with Gasteiger partial charge in [-0.3, -0.25) is 9.59 Å². The number of carboxylic acid groups (broad SMARTS) is 1. The first-order valence-electron chi connectivity index (χ1n) is 6.02. The summed E-state index contributed by atoms with van der Waals surface area (Å²) < 4.78 is 13.8. The van der Waals surface area contributed by atoms with Crippen molar-refractivity contribution in [3.63, 3.8) is 0 Å². The third-order valence-electron chi connectivity index (χ3n) is 2.58. The highest BCUT2D eigenvalue weighted by atomic mass is 19.1. The first-order valence-corrected chi connectivity index (χ1v) is 6.02. The Morgan fingerprint density at radius 2 is 1.84 bits per heavy atom. The number of halogens is 1. The Morgan fingerprint density at radius 1 is 1.26 bits per heavy atom. The first-order chi connectivity index (χ1) is 8.73. The molecule has 0 spiro atoms. The summed E-state index contributed by atoms with van der Waals surface area (Å²) in [6, 6.07) is 5.86. The SMILES string of the molecule is CC(C)(C)C(=O)N(CCC(=O)O)c1ccccc1F. The molecule has 0 aliphatic carbocycles. The maximum atomic E-state index is 13.8. The fourth-order valence-corrected chi connectivity index (χ4v) is 1.61. The van der Waals surface area contributed by atoms with Crippen molar-refractivity contribution in [2.24, 2.45) is 5.41 Å². The molecular weight excluding hydrogens is 249 g/mol. The van der Waals surface area contributed by atoms with Gasteiger partial charge in [0.1, 0.15) is 5.82 Å². The van der Waals surface area contributed by atoms with Gasteiger partial charge < -0.3 is 10.0 Å². The van der Waals surface area contributed by atoms with Crippen LogP contribution in [0.2, 0.25) is 0 Å². The van der Waals surface area contributed by atoms with Gasteiger partial charge in [-0.1, -0.05) is 32.9 Å². The lowest BCUT2D eigenvalue weighted by Gasteiger charge is -2.29. The van der Waals surface area contributed by atoms with Crippen molar-refractivity contribution >= 4 is 17.6 Å². The summed E-state index contributed by atoms with van der Waals surface area (Å²) in [6.45, 7) is 5.09. The molecule has 0 aliphatic heterocycles. The maximum absolute atomic E-state index is 13.8. The Labute approximate surface area is 111 Å². The fourth-order valence-electron chi connectivity index (χ4n) is 1.61. The van der Waals surface area contributed by atoms with E-state index in [0.29, 0.717) is 0 Å². The number of carboxylic acids is 1. The average molecular weight is 267 g/mol. The molecule has 1 aromatic carbocycles. The van der Waals surface area contributed by atoms with Crippen molar-refractivity contribution in [1.82, 2.24) is 0 Å². The van der Waals surface area contributed by atoms with Gasteiger partial charge in [0.15, 0.2) is 0 Å². The molecule has 5 heteroatoms. The zero-order valence-electron chi connectivity index (χ0n) is 11.3. The standard InChI is InChI=1S/C14H18FNO3/c1-14(2,3)13(19)16(9-8-12(17)18)11-7-5-4-6-10(11)15/h4-7H,8-9H2,1-3H3,(H,17,18). The third kappa shape index (κ3) is 4.05. The van der Waals surface area contributed by atoms with E-state index in [1.54, 1.807) is 26.8 Å². The van der Waals surface area contributed by atoms with Crippen molar-refractivity contribution in [3.8, 4) is 0 Å². The van der Waals surface area contributed by atoms with Crippen LogP contribution in [-0.2, 0) is 9.59 Å². The molecule has 1 rings (SSSR count). The van der Waals surface area contributed by atoms with Crippen LogP contribution < -0.4 is 4.90 Å². The molecule has 0 radical (unpaired) electrons. The highest BCUT2D eigenvalue weighted by molar-refractivity contribution is 5.97. The van der Waals surface area contributed by atoms with Crippen molar-refractivity contribution in [2.75, 3.05) is 11.4 Å². The number of aliphatic carboxylic acids is 1. The summed E-state index contributed by atoms with van der Waals surface area (Å²) >= 11 is 0. The van der Waals surface area contributed by atoms with Gasteiger partial charge in [0.2, 0.25) is 5.91 Å². The number of rotatable bonds is 4. The van der Waals surface area contributed by atoms with E-state index >= 15 is 0 Å². The van der Waals surface area contributed by atoms with Gasteiger partial charge in [-0.2, -0.15) is 0 Å². The predicted octanol–water partition coefficient (Wildman–Crippen LogP) is 2.68. The van der Waals surface area contributed by atoms with Crippen LogP contribution in [0, 0.1) is 11.2 Å². The van der Waals surface area contributed by atoms with Crippen LogP contribution in [0.3, 0.4) is 0 Å². The molecule has 4 nitrogen and oxygen atoms in total. The van der Waals surface area contributed by atoms with Crippen LogP contribution in [0.1, 0.15) is 27.2 Å². The largest absolute Gasteiger partial charge is 0.481 e. The topological polar surface area (TPSA) is 57.6 Å². The minimum atomic E-state index is -1.02. The van der Waals surface area contributed by atoms with Gasteiger partial charge in [-0.05, 0) is 12.1 Å². The number of anilines is 1. The lowest BCUT2D eigenvalue weighted by molar-refractivity contribution is -0.136. The van der Waals surface area contributed by atoms with Crippen molar-refractivity contribution in [3.05, 3.63) is 30.1 Å². The average Bonchev–Trinajstić information content (AvgIpc) is 2.29. The molecule has 0 saturated carbocycles. The highest BCUT2D eigenvalue weighted by Crippen LogP contribution is 2.25. The molecule has 1 aromatic rings. The Bertz CT molecular complexity index is 480. The van der Waals surface area contributed by atoms with Crippen molar-refractivity contribution in [1.29, 1.82) is 0 Å². The monoisotopic (exact) mass is 267 g/mol. The zero-order chi connectivity index (χ0) is 14.6. The molecular formula is C14H18FNO3. The van der Waals surface area contributed by atoms with Crippen LogP contribution in [-0.4, -0.2) is 23.5 Å². The summed E-state index contributed by atoms with van der Waals surface area (Å²) in [5, 5.41) is 8.73. The molecule has 0 bridgehead atoms. The number of carbonyl (C=O) groups is 2. The van der Waals surface area contributed by atoms with Crippen LogP contribution in [0.5, 0.6) is 0 Å². The van der Waals surface area contributed by atoms with Gasteiger partial charge in [0.05, 0.1) is 12.1 Å². The van der Waals surface area contributed by atoms with E-state index in [4.69, 9.17) is 5.11 Å². The van der Waals surface area contributed by atoms with Crippen LogP contribution >= 0.6 is 0 Å². The molecule has 1 N–H and O–H groups in total. The molecule has 0 heterocycles. The van der Waals surface area contributed by atoms with E-state index in [2.05, 4.69) is 0 Å². The zero-order valence-corrected chi connectivity index (χ0v) is 11.3. The van der Waals surface area contributed by atoms with Crippen molar-refractivity contribution in [2.45, 2.75) is 27.2 Å². The second-order valence-corrected chi connectivity index (χ2v) is 5.30. The minimum absolute atomic E-state index is 0.0492. The quantitative estimate of drug-likeness (QED) is 0.912. The summed E-state index contributed by atoms with van der Waals surface area (Å²) in [7, 11) is 0. The smallest absolute Gasteiger partial charge is 0.305 e. The maximum Gasteiger partial charge on any atom is 0.305 e. The van der Waals surface area contributed by atoms with E-state index < -0.39 is 17.2 Å². The third-order valence-corrected chi connectivity index (χ3v) is 2.58. The fraction of sp³-hybridized carbons (Fsp3) is 0.429. The number of hydrogen-bond donors (Lipinski definition) is 1. The van der Waals surface area contributed by atoms with Gasteiger partial charge in [-0.15, -0.1) is 0 Å². The predicted molar refractivity (Wildman–Crippen MR) is 70.5 cm³/mol. The molecule has 0 atom stereocenters. The number of hydrogen-bond acceptors (Lipinski definition) is 2. The number of benzene rings is 1. The Balaban J connectivity index is 3.09. The number of nitrogens with zero attached hydrogens (tertiary/aromatic N) is 1. The van der Waals surface area contributed by atoms with Crippen LogP contribution in [0.15, 0.2) is 24.3 Å². The number of carbonyl (C=O) groups excluding carboxylic acids is 1. The normalized spacial score (nSPS) is 11.2. The van der Waals surface area contributed by atoms with Gasteiger partial charge >= 0.3 is 5.97 Å². The minimum Gasteiger partial charge on any atom is -0.481 e. The summed E-state index contributed by atoms with van der Waals surface area (Å²) in [6.07, 6.45) is -0.226. The molecule has 19 heavy (non-hydrogen) atoms. The molecule has 104 valence electrons. The molecule has 1 amide bonds. The van der Waals surface area contributed by atoms with Crippen LogP contribution in [0.4, 0.5) is 10.1 Å². The number of amides is 1. The van der Waals surface area contributed by atoms with Gasteiger partial charge in [-0.25, -0.2) is 4.39 Å². The van der Waals surface area contributed by atoms with Crippen LogP contribution in [0.25, 0.3) is 0 Å². The molecule has 0 aliphatic rings.